The Kier molecular flexibility index (Phi) is 3.24. The Bertz CT molecular complexity index is 353. The maximum Gasteiger partial charge on any atom is 0.260 e. The molecule has 1 aromatic rings. The molecule has 1 unspecified atom stereocenters. The minimum atomic E-state index is -2.75. The van der Waals surface area contributed by atoms with Crippen LogP contribution in [0.2, 0.25) is 0 Å². The van der Waals surface area contributed by atoms with Crippen molar-refractivity contribution in [1.82, 2.24) is 0 Å². The van der Waals surface area contributed by atoms with E-state index in [4.69, 9.17) is 10.5 Å². The van der Waals surface area contributed by atoms with Crippen LogP contribution in [0.4, 0.5) is 13.2 Å². The molecular weight excluding hydrogens is 207 g/mol. The number of nitrogens with two attached hydrogens (primary N) is 1. The van der Waals surface area contributed by atoms with Gasteiger partial charge >= 0.3 is 0 Å². The molecule has 2 nitrogen and oxygen atoms in total. The predicted octanol–water partition coefficient (Wildman–Crippen LogP) is 2.27. The van der Waals surface area contributed by atoms with E-state index in [-0.39, 0.29) is 11.3 Å². The average Bonchev–Trinajstić information content (AvgIpc) is 2.16. The molecule has 2 N–H and O–H groups in total. The molecule has 5 heteroatoms. The molecule has 1 aromatic carbocycles. The maximum atomic E-state index is 12.8. The SMILES string of the molecule is COc1cc(F)ccc1C(C)(N)C(F)F. The molecule has 0 radical (unpaired) electrons. The largest absolute Gasteiger partial charge is 0.496 e. The molecule has 1 atom stereocenters. The summed E-state index contributed by atoms with van der Waals surface area (Å²) in [7, 11) is 1.28. The van der Waals surface area contributed by atoms with E-state index in [2.05, 4.69) is 0 Å². The van der Waals surface area contributed by atoms with Crippen LogP contribution in [0.5, 0.6) is 5.75 Å². The van der Waals surface area contributed by atoms with Gasteiger partial charge in [-0.05, 0) is 13.0 Å². The minimum absolute atomic E-state index is 0.0281. The van der Waals surface area contributed by atoms with Crippen LogP contribution < -0.4 is 10.5 Å². The zero-order valence-corrected chi connectivity index (χ0v) is 8.43. The fourth-order valence-corrected chi connectivity index (χ4v) is 1.23. The van der Waals surface area contributed by atoms with E-state index in [0.29, 0.717) is 0 Å². The molecule has 0 aromatic heterocycles. The second-order valence-electron chi connectivity index (χ2n) is 3.43. The van der Waals surface area contributed by atoms with Crippen LogP contribution in [-0.2, 0) is 5.54 Å². The van der Waals surface area contributed by atoms with Gasteiger partial charge in [-0.25, -0.2) is 13.2 Å². The minimum Gasteiger partial charge on any atom is -0.496 e. The van der Waals surface area contributed by atoms with Crippen molar-refractivity contribution in [3.05, 3.63) is 29.6 Å². The number of hydrogen-bond acceptors (Lipinski definition) is 2. The fourth-order valence-electron chi connectivity index (χ4n) is 1.23. The summed E-state index contributed by atoms with van der Waals surface area (Å²) in [4.78, 5) is 0. The summed E-state index contributed by atoms with van der Waals surface area (Å²) in [5, 5.41) is 0. The van der Waals surface area contributed by atoms with Crippen LogP contribution in [0, 0.1) is 5.82 Å². The van der Waals surface area contributed by atoms with Gasteiger partial charge in [-0.15, -0.1) is 0 Å². The lowest BCUT2D eigenvalue weighted by atomic mass is 9.93. The summed E-state index contributed by atoms with van der Waals surface area (Å²) in [6, 6.07) is 3.31. The molecule has 0 heterocycles. The predicted molar refractivity (Wildman–Crippen MR) is 50.5 cm³/mol. The Morgan fingerprint density at radius 1 is 1.40 bits per heavy atom. The third kappa shape index (κ3) is 2.23. The van der Waals surface area contributed by atoms with Gasteiger partial charge in [0.05, 0.1) is 7.11 Å². The summed E-state index contributed by atoms with van der Waals surface area (Å²) in [6.45, 7) is 1.17. The summed E-state index contributed by atoms with van der Waals surface area (Å²) < 4.78 is 42.9. The molecular formula is C10H12F3NO. The van der Waals surface area contributed by atoms with Gasteiger partial charge < -0.3 is 10.5 Å². The van der Waals surface area contributed by atoms with Crippen LogP contribution in [0.3, 0.4) is 0 Å². The Hall–Kier alpha value is -1.23. The van der Waals surface area contributed by atoms with Crippen LogP contribution in [0.15, 0.2) is 18.2 Å². The highest BCUT2D eigenvalue weighted by atomic mass is 19.3. The summed E-state index contributed by atoms with van der Waals surface area (Å²) in [5.74, 6) is -0.527. The maximum absolute atomic E-state index is 12.8. The molecule has 1 rings (SSSR count). The van der Waals surface area contributed by atoms with Gasteiger partial charge in [0.25, 0.3) is 6.43 Å². The molecule has 0 bridgehead atoms. The average molecular weight is 219 g/mol. The van der Waals surface area contributed by atoms with Crippen molar-refractivity contribution in [2.75, 3.05) is 7.11 Å². The van der Waals surface area contributed by atoms with E-state index in [0.717, 1.165) is 12.1 Å². The molecule has 0 aliphatic rings. The fraction of sp³-hybridized carbons (Fsp3) is 0.400. The molecule has 0 aliphatic heterocycles. The van der Waals surface area contributed by atoms with Crippen molar-refractivity contribution in [3.63, 3.8) is 0 Å². The lowest BCUT2D eigenvalue weighted by molar-refractivity contribution is 0.0610. The lowest BCUT2D eigenvalue weighted by Gasteiger charge is -2.25. The number of hydrogen-bond donors (Lipinski definition) is 1. The highest BCUT2D eigenvalue weighted by molar-refractivity contribution is 5.39. The van der Waals surface area contributed by atoms with Crippen molar-refractivity contribution in [2.24, 2.45) is 5.73 Å². The topological polar surface area (TPSA) is 35.2 Å². The number of benzene rings is 1. The number of alkyl halides is 2. The van der Waals surface area contributed by atoms with Gasteiger partial charge in [0, 0.05) is 11.6 Å². The first-order valence-electron chi connectivity index (χ1n) is 4.30. The van der Waals surface area contributed by atoms with Gasteiger partial charge in [-0.3, -0.25) is 0 Å². The van der Waals surface area contributed by atoms with Crippen LogP contribution in [0.1, 0.15) is 12.5 Å². The van der Waals surface area contributed by atoms with E-state index in [1.807, 2.05) is 0 Å². The number of ether oxygens (including phenoxy) is 1. The first-order chi connectivity index (χ1) is 6.89. The third-order valence-electron chi connectivity index (χ3n) is 2.20. The zero-order valence-electron chi connectivity index (χ0n) is 8.43. The van der Waals surface area contributed by atoms with Crippen LogP contribution >= 0.6 is 0 Å². The van der Waals surface area contributed by atoms with E-state index >= 15 is 0 Å². The van der Waals surface area contributed by atoms with Crippen LogP contribution in [-0.4, -0.2) is 13.5 Å². The monoisotopic (exact) mass is 219 g/mol. The number of methoxy groups -OCH3 is 1. The second-order valence-corrected chi connectivity index (χ2v) is 3.43. The van der Waals surface area contributed by atoms with Gasteiger partial charge in [0.2, 0.25) is 0 Å². The summed E-state index contributed by atoms with van der Waals surface area (Å²) >= 11 is 0. The van der Waals surface area contributed by atoms with Gasteiger partial charge in [0.15, 0.2) is 0 Å². The molecule has 15 heavy (non-hydrogen) atoms. The smallest absolute Gasteiger partial charge is 0.260 e. The van der Waals surface area contributed by atoms with Crippen molar-refractivity contribution in [3.8, 4) is 5.75 Å². The molecule has 0 amide bonds. The van der Waals surface area contributed by atoms with Crippen molar-refractivity contribution >= 4 is 0 Å². The van der Waals surface area contributed by atoms with E-state index in [1.165, 1.54) is 20.1 Å². The standard InChI is InChI=1S/C10H12F3NO/c1-10(14,9(12)13)7-4-3-6(11)5-8(7)15-2/h3-5,9H,14H2,1-2H3. The van der Waals surface area contributed by atoms with Crippen molar-refractivity contribution in [1.29, 1.82) is 0 Å². The zero-order chi connectivity index (χ0) is 11.6. The molecule has 0 spiro atoms. The quantitative estimate of drug-likeness (QED) is 0.846. The van der Waals surface area contributed by atoms with E-state index in [1.54, 1.807) is 0 Å². The Morgan fingerprint density at radius 2 is 2.00 bits per heavy atom. The van der Waals surface area contributed by atoms with Crippen molar-refractivity contribution in [2.45, 2.75) is 18.9 Å². The van der Waals surface area contributed by atoms with E-state index in [9.17, 15) is 13.2 Å². The van der Waals surface area contributed by atoms with E-state index < -0.39 is 17.8 Å². The molecule has 84 valence electrons. The van der Waals surface area contributed by atoms with Gasteiger partial charge in [0.1, 0.15) is 17.1 Å². The molecule has 0 fully saturated rings. The summed E-state index contributed by atoms with van der Waals surface area (Å²) in [5.41, 5.74) is 3.69. The highest BCUT2D eigenvalue weighted by Crippen LogP contribution is 2.32. The Morgan fingerprint density at radius 3 is 2.47 bits per heavy atom. The molecule has 0 aliphatic carbocycles. The number of halogens is 3. The third-order valence-corrected chi connectivity index (χ3v) is 2.20. The first-order valence-corrected chi connectivity index (χ1v) is 4.30. The highest BCUT2D eigenvalue weighted by Gasteiger charge is 2.35. The normalized spacial score (nSPS) is 15.1. The second kappa shape index (κ2) is 4.10. The van der Waals surface area contributed by atoms with Gasteiger partial charge in [-0.1, -0.05) is 6.07 Å². The Balaban J connectivity index is 3.24. The number of rotatable bonds is 3. The summed E-state index contributed by atoms with van der Waals surface area (Å²) in [6.07, 6.45) is -2.75. The lowest BCUT2D eigenvalue weighted by Crippen LogP contribution is -2.40. The van der Waals surface area contributed by atoms with Crippen LogP contribution in [0.25, 0.3) is 0 Å². The Labute approximate surface area is 85.8 Å². The van der Waals surface area contributed by atoms with Crippen molar-refractivity contribution < 1.29 is 17.9 Å². The molecule has 0 saturated heterocycles. The molecule has 0 saturated carbocycles. The first kappa shape index (κ1) is 11.8. The van der Waals surface area contributed by atoms with Gasteiger partial charge in [-0.2, -0.15) is 0 Å².